The quantitative estimate of drug-likeness (QED) is 0.607. The van der Waals surface area contributed by atoms with Crippen LogP contribution in [0.15, 0.2) is 41.3 Å². The summed E-state index contributed by atoms with van der Waals surface area (Å²) in [6.07, 6.45) is 0.717. The van der Waals surface area contributed by atoms with Crippen LogP contribution in [0, 0.1) is 5.92 Å². The van der Waals surface area contributed by atoms with E-state index in [1.165, 1.54) is 12.1 Å². The number of hydrogen-bond donors (Lipinski definition) is 1. The lowest BCUT2D eigenvalue weighted by atomic mass is 10.0. The van der Waals surface area contributed by atoms with Crippen LogP contribution in [-0.2, 0) is 21.4 Å². The molecular formula is C24H30N2O7S. The molecule has 10 heteroatoms. The Bertz CT molecular complexity index is 1150. The van der Waals surface area contributed by atoms with Gasteiger partial charge in [0.05, 0.1) is 18.1 Å². The SMILES string of the molecule is CCN(Cc1ccc2c(c1)OCO2)C(=O)C(NS(=O)(=O)c1ccc2c(c1)OCCCO2)C(C)C. The molecule has 184 valence electrons. The third-order valence-corrected chi connectivity index (χ3v) is 7.19. The van der Waals surface area contributed by atoms with Crippen molar-refractivity contribution in [3.63, 3.8) is 0 Å². The number of benzene rings is 2. The zero-order valence-electron chi connectivity index (χ0n) is 19.6. The van der Waals surface area contributed by atoms with Crippen molar-refractivity contribution < 1.29 is 32.2 Å². The van der Waals surface area contributed by atoms with Crippen LogP contribution < -0.4 is 23.7 Å². The molecule has 1 unspecified atom stereocenters. The highest BCUT2D eigenvalue weighted by Gasteiger charge is 2.32. The molecule has 4 rings (SSSR count). The summed E-state index contributed by atoms with van der Waals surface area (Å²) in [4.78, 5) is 15.1. The van der Waals surface area contributed by atoms with Crippen molar-refractivity contribution in [2.45, 2.75) is 44.7 Å². The minimum Gasteiger partial charge on any atom is -0.490 e. The molecule has 2 aliphatic rings. The fourth-order valence-electron chi connectivity index (χ4n) is 3.82. The first-order valence-electron chi connectivity index (χ1n) is 11.4. The van der Waals surface area contributed by atoms with E-state index in [1.807, 2.05) is 39.0 Å². The van der Waals surface area contributed by atoms with Gasteiger partial charge in [0.15, 0.2) is 23.0 Å². The molecule has 0 bridgehead atoms. The average Bonchev–Trinajstić information content (AvgIpc) is 3.15. The molecule has 2 heterocycles. The topological polar surface area (TPSA) is 103 Å². The molecule has 2 aromatic rings. The van der Waals surface area contributed by atoms with E-state index in [0.717, 1.165) is 12.0 Å². The Hall–Kier alpha value is -2.98. The summed E-state index contributed by atoms with van der Waals surface area (Å²) in [7, 11) is -3.99. The van der Waals surface area contributed by atoms with Gasteiger partial charge < -0.3 is 23.8 Å². The van der Waals surface area contributed by atoms with Gasteiger partial charge in [-0.05, 0) is 42.7 Å². The van der Waals surface area contributed by atoms with Crippen LogP contribution in [0.1, 0.15) is 32.8 Å². The second-order valence-electron chi connectivity index (χ2n) is 8.54. The van der Waals surface area contributed by atoms with Crippen molar-refractivity contribution >= 4 is 15.9 Å². The molecular weight excluding hydrogens is 460 g/mol. The first-order chi connectivity index (χ1) is 16.3. The third-order valence-electron chi connectivity index (χ3n) is 5.75. The number of carbonyl (C=O) groups excluding carboxylic acids is 1. The summed E-state index contributed by atoms with van der Waals surface area (Å²) in [5.41, 5.74) is 0.868. The minimum absolute atomic E-state index is 0.0222. The number of likely N-dealkylation sites (N-methyl/N-ethyl adjacent to an activating group) is 1. The number of ether oxygens (including phenoxy) is 4. The van der Waals surface area contributed by atoms with Crippen LogP contribution in [0.25, 0.3) is 0 Å². The molecule has 2 aromatic carbocycles. The molecule has 1 N–H and O–H groups in total. The summed E-state index contributed by atoms with van der Waals surface area (Å²) < 4.78 is 51.0. The first-order valence-corrected chi connectivity index (χ1v) is 12.9. The Morgan fingerprint density at radius 1 is 0.971 bits per heavy atom. The van der Waals surface area contributed by atoms with Gasteiger partial charge in [0.2, 0.25) is 22.7 Å². The van der Waals surface area contributed by atoms with E-state index < -0.39 is 16.1 Å². The molecule has 1 atom stereocenters. The Labute approximate surface area is 200 Å². The lowest BCUT2D eigenvalue weighted by Gasteiger charge is -2.29. The van der Waals surface area contributed by atoms with E-state index in [0.29, 0.717) is 49.3 Å². The van der Waals surface area contributed by atoms with E-state index in [1.54, 1.807) is 11.0 Å². The number of rotatable bonds is 8. The van der Waals surface area contributed by atoms with Gasteiger partial charge in [0, 0.05) is 25.6 Å². The smallest absolute Gasteiger partial charge is 0.241 e. The summed E-state index contributed by atoms with van der Waals surface area (Å²) >= 11 is 0. The third kappa shape index (κ3) is 5.23. The van der Waals surface area contributed by atoms with Gasteiger partial charge in [-0.15, -0.1) is 0 Å². The zero-order valence-corrected chi connectivity index (χ0v) is 20.4. The molecule has 0 aromatic heterocycles. The van der Waals surface area contributed by atoms with Crippen LogP contribution in [0.4, 0.5) is 0 Å². The Morgan fingerprint density at radius 3 is 2.35 bits per heavy atom. The predicted molar refractivity (Wildman–Crippen MR) is 125 cm³/mol. The summed E-state index contributed by atoms with van der Waals surface area (Å²) in [5, 5.41) is 0. The number of nitrogens with zero attached hydrogens (tertiary/aromatic N) is 1. The monoisotopic (exact) mass is 490 g/mol. The number of sulfonamides is 1. The van der Waals surface area contributed by atoms with Crippen molar-refractivity contribution in [1.82, 2.24) is 9.62 Å². The van der Waals surface area contributed by atoms with Crippen molar-refractivity contribution in [2.75, 3.05) is 26.6 Å². The Balaban J connectivity index is 1.52. The predicted octanol–water partition coefficient (Wildman–Crippen LogP) is 2.93. The van der Waals surface area contributed by atoms with Gasteiger partial charge in [-0.1, -0.05) is 19.9 Å². The zero-order chi connectivity index (χ0) is 24.3. The van der Waals surface area contributed by atoms with E-state index in [-0.39, 0.29) is 23.5 Å². The average molecular weight is 491 g/mol. The summed E-state index contributed by atoms with van der Waals surface area (Å²) in [6.45, 7) is 7.36. The van der Waals surface area contributed by atoms with Crippen LogP contribution in [0.5, 0.6) is 23.0 Å². The fourth-order valence-corrected chi connectivity index (χ4v) is 5.17. The number of hydrogen-bond acceptors (Lipinski definition) is 7. The van der Waals surface area contributed by atoms with E-state index in [9.17, 15) is 13.2 Å². The summed E-state index contributed by atoms with van der Waals surface area (Å²) in [5.74, 6) is 1.62. The van der Waals surface area contributed by atoms with Crippen LogP contribution in [0.3, 0.4) is 0 Å². The molecule has 2 aliphatic heterocycles. The highest BCUT2D eigenvalue weighted by molar-refractivity contribution is 7.89. The Morgan fingerprint density at radius 2 is 1.62 bits per heavy atom. The lowest BCUT2D eigenvalue weighted by molar-refractivity contribution is -0.134. The maximum atomic E-state index is 13.4. The molecule has 9 nitrogen and oxygen atoms in total. The highest BCUT2D eigenvalue weighted by Crippen LogP contribution is 2.33. The van der Waals surface area contributed by atoms with Gasteiger partial charge in [0.25, 0.3) is 0 Å². The van der Waals surface area contributed by atoms with Crippen LogP contribution in [0.2, 0.25) is 0 Å². The van der Waals surface area contributed by atoms with Gasteiger partial charge in [-0.3, -0.25) is 4.79 Å². The van der Waals surface area contributed by atoms with E-state index >= 15 is 0 Å². The summed E-state index contributed by atoms with van der Waals surface area (Å²) in [6, 6.07) is 9.06. The van der Waals surface area contributed by atoms with Crippen LogP contribution in [-0.4, -0.2) is 51.8 Å². The molecule has 1 amide bonds. The van der Waals surface area contributed by atoms with Gasteiger partial charge in [-0.25, -0.2) is 8.42 Å². The highest BCUT2D eigenvalue weighted by atomic mass is 32.2. The number of nitrogens with one attached hydrogen (secondary N) is 1. The van der Waals surface area contributed by atoms with Crippen molar-refractivity contribution in [3.05, 3.63) is 42.0 Å². The lowest BCUT2D eigenvalue weighted by Crippen LogP contribution is -2.50. The van der Waals surface area contributed by atoms with E-state index in [2.05, 4.69) is 4.72 Å². The molecule has 0 saturated heterocycles. The second kappa shape index (κ2) is 10.1. The minimum atomic E-state index is -3.99. The van der Waals surface area contributed by atoms with Gasteiger partial charge >= 0.3 is 0 Å². The largest absolute Gasteiger partial charge is 0.490 e. The second-order valence-corrected chi connectivity index (χ2v) is 10.3. The van der Waals surface area contributed by atoms with Crippen molar-refractivity contribution in [1.29, 1.82) is 0 Å². The van der Waals surface area contributed by atoms with Crippen molar-refractivity contribution in [2.24, 2.45) is 5.92 Å². The maximum absolute atomic E-state index is 13.4. The van der Waals surface area contributed by atoms with Gasteiger partial charge in [0.1, 0.15) is 6.04 Å². The maximum Gasteiger partial charge on any atom is 0.241 e. The number of fused-ring (bicyclic) bond motifs is 2. The van der Waals surface area contributed by atoms with Crippen LogP contribution >= 0.6 is 0 Å². The first kappa shape index (κ1) is 24.2. The molecule has 34 heavy (non-hydrogen) atoms. The molecule has 0 fully saturated rings. The van der Waals surface area contributed by atoms with Crippen molar-refractivity contribution in [3.8, 4) is 23.0 Å². The number of amides is 1. The van der Waals surface area contributed by atoms with Gasteiger partial charge in [-0.2, -0.15) is 4.72 Å². The number of carbonyl (C=O) groups is 1. The normalized spacial score (nSPS) is 15.6. The van der Waals surface area contributed by atoms with E-state index in [4.69, 9.17) is 18.9 Å². The molecule has 0 aliphatic carbocycles. The molecule has 0 radical (unpaired) electrons. The standard InChI is InChI=1S/C24H30N2O7S/c1-4-26(14-17-6-8-20-21(12-17)33-15-32-20)24(27)23(16(2)3)25-34(28,29)18-7-9-19-22(13-18)31-11-5-10-30-19/h6-9,12-13,16,23,25H,4-5,10-11,14-15H2,1-3H3. The molecule has 0 saturated carbocycles. The fraction of sp³-hybridized carbons (Fsp3) is 0.458. The molecule has 0 spiro atoms. The Kier molecular flexibility index (Phi) is 7.18.